The standard InChI is InChI=1S/C7H6IN3/c1-11-6(8)5-3-2-4-9-7(5)10-11/h2-4H,1H3/p+1. The van der Waals surface area contributed by atoms with Crippen molar-refractivity contribution in [2.75, 3.05) is 0 Å². The van der Waals surface area contributed by atoms with Crippen molar-refractivity contribution in [1.29, 1.82) is 0 Å². The zero-order chi connectivity index (χ0) is 7.84. The average Bonchev–Trinajstić information content (AvgIpc) is 2.30. The number of hydrogen-bond acceptors (Lipinski definition) is 1. The van der Waals surface area contributed by atoms with Crippen LogP contribution in [0.3, 0.4) is 0 Å². The lowest BCUT2D eigenvalue weighted by Crippen LogP contribution is -2.32. The normalized spacial score (nSPS) is 10.7. The molecule has 2 aromatic rings. The molecule has 0 saturated heterocycles. The minimum absolute atomic E-state index is 0.944. The summed E-state index contributed by atoms with van der Waals surface area (Å²) in [6.45, 7) is 0. The Morgan fingerprint density at radius 3 is 3.18 bits per heavy atom. The van der Waals surface area contributed by atoms with Crippen LogP contribution in [-0.2, 0) is 7.05 Å². The van der Waals surface area contributed by atoms with Gasteiger partial charge < -0.3 is 0 Å². The predicted molar refractivity (Wildman–Crippen MR) is 50.0 cm³/mol. The van der Waals surface area contributed by atoms with E-state index in [1.165, 1.54) is 9.09 Å². The molecule has 0 aromatic carbocycles. The molecule has 11 heavy (non-hydrogen) atoms. The van der Waals surface area contributed by atoms with E-state index in [-0.39, 0.29) is 0 Å². The molecule has 0 bridgehead atoms. The monoisotopic (exact) mass is 260 g/mol. The van der Waals surface area contributed by atoms with E-state index in [0.29, 0.717) is 0 Å². The molecule has 0 atom stereocenters. The van der Waals surface area contributed by atoms with Gasteiger partial charge in [0.05, 0.1) is 0 Å². The minimum atomic E-state index is 0.944. The van der Waals surface area contributed by atoms with Crippen molar-refractivity contribution in [3.63, 3.8) is 0 Å². The van der Waals surface area contributed by atoms with E-state index in [1.807, 2.05) is 17.8 Å². The van der Waals surface area contributed by atoms with Gasteiger partial charge in [-0.1, -0.05) is 0 Å². The predicted octanol–water partition coefficient (Wildman–Crippen LogP) is 0.992. The number of fused-ring (bicyclic) bond motifs is 1. The first-order chi connectivity index (χ1) is 5.29. The molecule has 1 N–H and O–H groups in total. The molecule has 0 aliphatic heterocycles. The number of aromatic nitrogens is 3. The fourth-order valence-corrected chi connectivity index (χ4v) is 1.61. The number of H-pyrrole nitrogens is 1. The van der Waals surface area contributed by atoms with Crippen molar-refractivity contribution in [1.82, 2.24) is 10.1 Å². The summed E-state index contributed by atoms with van der Waals surface area (Å²) in [6, 6.07) is 4.00. The number of pyridine rings is 1. The van der Waals surface area contributed by atoms with Crippen LogP contribution in [0.15, 0.2) is 18.3 Å². The second-order valence-corrected chi connectivity index (χ2v) is 3.38. The third kappa shape index (κ3) is 1.01. The lowest BCUT2D eigenvalue weighted by molar-refractivity contribution is -0.736. The molecule has 2 rings (SSSR count). The number of halogens is 1. The maximum atomic E-state index is 4.18. The molecule has 0 spiro atoms. The average molecular weight is 260 g/mol. The number of aryl methyl sites for hydroxylation is 1. The van der Waals surface area contributed by atoms with E-state index in [4.69, 9.17) is 0 Å². The van der Waals surface area contributed by atoms with Crippen LogP contribution in [0.2, 0.25) is 0 Å². The first-order valence-corrected chi connectivity index (χ1v) is 4.35. The van der Waals surface area contributed by atoms with E-state index in [9.17, 15) is 0 Å². The zero-order valence-corrected chi connectivity index (χ0v) is 8.16. The third-order valence-electron chi connectivity index (χ3n) is 1.60. The highest BCUT2D eigenvalue weighted by Crippen LogP contribution is 2.12. The summed E-state index contributed by atoms with van der Waals surface area (Å²) < 4.78 is 3.14. The van der Waals surface area contributed by atoms with E-state index in [0.717, 1.165) is 5.65 Å². The first kappa shape index (κ1) is 7.02. The second kappa shape index (κ2) is 2.44. The molecule has 0 saturated carbocycles. The third-order valence-corrected chi connectivity index (χ3v) is 2.90. The largest absolute Gasteiger partial charge is 0.275 e. The molecule has 2 heterocycles. The second-order valence-electron chi connectivity index (χ2n) is 2.36. The molecule has 0 radical (unpaired) electrons. The van der Waals surface area contributed by atoms with Crippen molar-refractivity contribution < 1.29 is 4.68 Å². The molecule has 0 unspecified atom stereocenters. The summed E-state index contributed by atoms with van der Waals surface area (Å²) in [4.78, 5) is 4.18. The van der Waals surface area contributed by atoms with E-state index in [1.54, 1.807) is 6.20 Å². The molecule has 2 aromatic heterocycles. The van der Waals surface area contributed by atoms with Gasteiger partial charge >= 0.3 is 0 Å². The van der Waals surface area contributed by atoms with Gasteiger partial charge in [-0.25, -0.2) is 4.98 Å². The fraction of sp³-hybridized carbons (Fsp3) is 0.143. The minimum Gasteiger partial charge on any atom is -0.234 e. The molecule has 0 aliphatic carbocycles. The maximum absolute atomic E-state index is 4.18. The van der Waals surface area contributed by atoms with Crippen molar-refractivity contribution >= 4 is 33.6 Å². The number of hydrogen-bond donors (Lipinski definition) is 1. The maximum Gasteiger partial charge on any atom is 0.275 e. The summed E-state index contributed by atoms with van der Waals surface area (Å²) in [5, 5.41) is 4.30. The van der Waals surface area contributed by atoms with Crippen LogP contribution in [0.25, 0.3) is 11.0 Å². The van der Waals surface area contributed by atoms with Crippen LogP contribution in [0.4, 0.5) is 0 Å². The van der Waals surface area contributed by atoms with Crippen molar-refractivity contribution in [2.45, 2.75) is 0 Å². The summed E-state index contributed by atoms with van der Waals surface area (Å²) in [7, 11) is 1.98. The Hall–Kier alpha value is -0.650. The van der Waals surface area contributed by atoms with Gasteiger partial charge in [-0.15, -0.1) is 9.78 Å². The van der Waals surface area contributed by atoms with E-state index in [2.05, 4.69) is 38.7 Å². The number of rotatable bonds is 0. The molecule has 0 fully saturated rings. The molecule has 4 heteroatoms. The molecular formula is C7H7IN3+. The highest BCUT2D eigenvalue weighted by atomic mass is 127. The Kier molecular flexibility index (Phi) is 1.56. The first-order valence-electron chi connectivity index (χ1n) is 3.27. The molecule has 0 amide bonds. The smallest absolute Gasteiger partial charge is 0.234 e. The van der Waals surface area contributed by atoms with Gasteiger partial charge in [0.1, 0.15) is 5.39 Å². The molecular weight excluding hydrogens is 253 g/mol. The highest BCUT2D eigenvalue weighted by molar-refractivity contribution is 14.1. The van der Waals surface area contributed by atoms with Crippen molar-refractivity contribution in [2.24, 2.45) is 7.05 Å². The van der Waals surface area contributed by atoms with Crippen LogP contribution in [0.1, 0.15) is 0 Å². The van der Waals surface area contributed by atoms with Crippen LogP contribution in [-0.4, -0.2) is 10.1 Å². The summed E-state index contributed by atoms with van der Waals surface area (Å²) >= 11 is 2.29. The Morgan fingerprint density at radius 1 is 1.64 bits per heavy atom. The van der Waals surface area contributed by atoms with Crippen LogP contribution in [0, 0.1) is 3.70 Å². The van der Waals surface area contributed by atoms with Gasteiger partial charge in [0.15, 0.2) is 12.7 Å². The molecule has 56 valence electrons. The molecule has 3 nitrogen and oxygen atoms in total. The van der Waals surface area contributed by atoms with Crippen LogP contribution < -0.4 is 4.68 Å². The van der Waals surface area contributed by atoms with Gasteiger partial charge in [0, 0.05) is 28.8 Å². The topological polar surface area (TPSA) is 32.6 Å². The van der Waals surface area contributed by atoms with Gasteiger partial charge in [-0.05, 0) is 12.1 Å². The van der Waals surface area contributed by atoms with Gasteiger partial charge in [-0.3, -0.25) is 0 Å². The quantitative estimate of drug-likeness (QED) is 0.556. The zero-order valence-electron chi connectivity index (χ0n) is 6.00. The van der Waals surface area contributed by atoms with Crippen molar-refractivity contribution in [3.8, 4) is 0 Å². The summed E-state index contributed by atoms with van der Waals surface area (Å²) in [5.74, 6) is 0. The van der Waals surface area contributed by atoms with Gasteiger partial charge in [-0.2, -0.15) is 0 Å². The van der Waals surface area contributed by atoms with Crippen molar-refractivity contribution in [3.05, 3.63) is 22.0 Å². The highest BCUT2D eigenvalue weighted by Gasteiger charge is 2.11. The number of nitrogens with one attached hydrogen (secondary N) is 1. The van der Waals surface area contributed by atoms with E-state index < -0.39 is 0 Å². The van der Waals surface area contributed by atoms with E-state index >= 15 is 0 Å². The van der Waals surface area contributed by atoms with Gasteiger partial charge in [0.25, 0.3) is 3.70 Å². The SMILES string of the molecule is C[n+]1[nH]c2ncccc2c1I. The summed E-state index contributed by atoms with van der Waals surface area (Å²) in [5.41, 5.74) is 0.944. The Labute approximate surface area is 77.6 Å². The Morgan fingerprint density at radius 2 is 2.45 bits per heavy atom. The fourth-order valence-electron chi connectivity index (χ4n) is 1.05. The lowest BCUT2D eigenvalue weighted by atomic mass is 10.4. The lowest BCUT2D eigenvalue weighted by Gasteiger charge is -1.79. The number of aromatic amines is 1. The Bertz CT molecular complexity index is 393. The van der Waals surface area contributed by atoms with Crippen LogP contribution >= 0.6 is 22.6 Å². The Balaban J connectivity index is 2.92. The molecule has 0 aliphatic rings. The summed E-state index contributed by atoms with van der Waals surface area (Å²) in [6.07, 6.45) is 1.79. The number of nitrogens with zero attached hydrogens (tertiary/aromatic N) is 2. The van der Waals surface area contributed by atoms with Gasteiger partial charge in [0.2, 0.25) is 0 Å². The van der Waals surface area contributed by atoms with Crippen LogP contribution in [0.5, 0.6) is 0 Å².